The van der Waals surface area contributed by atoms with Crippen molar-refractivity contribution in [2.75, 3.05) is 0 Å². The maximum atomic E-state index is 13.3. The molecule has 3 aromatic rings. The van der Waals surface area contributed by atoms with Crippen LogP contribution in [0.3, 0.4) is 0 Å². The van der Waals surface area contributed by atoms with Gasteiger partial charge >= 0.3 is 0 Å². The summed E-state index contributed by atoms with van der Waals surface area (Å²) in [6, 6.07) is 9.79. The predicted octanol–water partition coefficient (Wildman–Crippen LogP) is 4.33. The number of aromatic hydroxyl groups is 1. The summed E-state index contributed by atoms with van der Waals surface area (Å²) < 4.78 is 16.1. The Balaban J connectivity index is 2.30. The van der Waals surface area contributed by atoms with E-state index in [4.69, 9.17) is 0 Å². The van der Waals surface area contributed by atoms with Gasteiger partial charge in [-0.3, -0.25) is 0 Å². The third-order valence-electron chi connectivity index (χ3n) is 3.23. The minimum Gasteiger partial charge on any atom is -0.507 e. The molecule has 20 heavy (non-hydrogen) atoms. The summed E-state index contributed by atoms with van der Waals surface area (Å²) in [5.41, 5.74) is 2.07. The lowest BCUT2D eigenvalue weighted by Crippen LogP contribution is -1.97. The highest BCUT2D eigenvalue weighted by molar-refractivity contribution is 9.10. The molecule has 2 aromatic carbocycles. The fourth-order valence-electron chi connectivity index (χ4n) is 2.32. The van der Waals surface area contributed by atoms with E-state index in [2.05, 4.69) is 20.9 Å². The van der Waals surface area contributed by atoms with E-state index in [1.54, 1.807) is 18.2 Å². The second kappa shape index (κ2) is 4.90. The van der Waals surface area contributed by atoms with Crippen LogP contribution in [0.2, 0.25) is 0 Å². The van der Waals surface area contributed by atoms with E-state index in [-0.39, 0.29) is 11.6 Å². The van der Waals surface area contributed by atoms with Crippen molar-refractivity contribution in [1.29, 1.82) is 0 Å². The molecule has 0 aliphatic heterocycles. The van der Waals surface area contributed by atoms with Crippen molar-refractivity contribution < 1.29 is 9.50 Å². The number of phenols is 1. The molecule has 1 N–H and O–H groups in total. The molecule has 3 nitrogen and oxygen atoms in total. The van der Waals surface area contributed by atoms with E-state index in [0.29, 0.717) is 23.4 Å². The van der Waals surface area contributed by atoms with Crippen LogP contribution in [0, 0.1) is 5.82 Å². The smallest absolute Gasteiger partial charge is 0.144 e. The van der Waals surface area contributed by atoms with Gasteiger partial charge in [0.05, 0.1) is 16.6 Å². The van der Waals surface area contributed by atoms with Gasteiger partial charge in [-0.25, -0.2) is 9.37 Å². The van der Waals surface area contributed by atoms with Crippen LogP contribution < -0.4 is 0 Å². The first-order valence-corrected chi connectivity index (χ1v) is 7.04. The van der Waals surface area contributed by atoms with Crippen molar-refractivity contribution in [3.05, 3.63) is 46.7 Å². The summed E-state index contributed by atoms with van der Waals surface area (Å²) in [7, 11) is 0. The lowest BCUT2D eigenvalue weighted by molar-refractivity contribution is 0.476. The van der Waals surface area contributed by atoms with Gasteiger partial charge in [-0.1, -0.05) is 15.9 Å². The minimum absolute atomic E-state index is 0.143. The number of nitrogens with zero attached hydrogens (tertiary/aromatic N) is 2. The summed E-state index contributed by atoms with van der Waals surface area (Å²) >= 11 is 3.31. The Bertz CT molecular complexity index is 798. The number of halogens is 2. The van der Waals surface area contributed by atoms with Crippen molar-refractivity contribution in [1.82, 2.24) is 9.55 Å². The summed E-state index contributed by atoms with van der Waals surface area (Å²) in [5.74, 6) is 0.466. The number of benzene rings is 2. The molecular weight excluding hydrogens is 323 g/mol. The van der Waals surface area contributed by atoms with Crippen molar-refractivity contribution in [3.63, 3.8) is 0 Å². The fraction of sp³-hybridized carbons (Fsp3) is 0.133. The van der Waals surface area contributed by atoms with Crippen LogP contribution >= 0.6 is 15.9 Å². The Hall–Kier alpha value is -1.88. The van der Waals surface area contributed by atoms with Crippen molar-refractivity contribution in [2.24, 2.45) is 0 Å². The van der Waals surface area contributed by atoms with Gasteiger partial charge in [0.1, 0.15) is 17.4 Å². The largest absolute Gasteiger partial charge is 0.507 e. The number of rotatable bonds is 2. The average Bonchev–Trinajstić information content (AvgIpc) is 2.75. The molecule has 1 heterocycles. The third kappa shape index (κ3) is 2.08. The second-order valence-electron chi connectivity index (χ2n) is 4.47. The molecule has 5 heteroatoms. The zero-order chi connectivity index (χ0) is 14.3. The third-order valence-corrected chi connectivity index (χ3v) is 3.72. The zero-order valence-electron chi connectivity index (χ0n) is 10.8. The molecule has 3 rings (SSSR count). The van der Waals surface area contributed by atoms with Crippen LogP contribution in [-0.4, -0.2) is 14.7 Å². The molecule has 0 atom stereocenters. The molecule has 102 valence electrons. The highest BCUT2D eigenvalue weighted by Gasteiger charge is 2.15. The number of aromatic nitrogens is 2. The Morgan fingerprint density at radius 1 is 1.25 bits per heavy atom. The molecule has 0 spiro atoms. The van der Waals surface area contributed by atoms with Gasteiger partial charge in [-0.2, -0.15) is 0 Å². The first-order valence-electron chi connectivity index (χ1n) is 6.25. The van der Waals surface area contributed by atoms with E-state index < -0.39 is 0 Å². The van der Waals surface area contributed by atoms with E-state index >= 15 is 0 Å². The van der Waals surface area contributed by atoms with Crippen LogP contribution in [0.15, 0.2) is 40.9 Å². The number of fused-ring (bicyclic) bond motifs is 1. The Morgan fingerprint density at radius 2 is 2.05 bits per heavy atom. The van der Waals surface area contributed by atoms with E-state index in [9.17, 15) is 9.50 Å². The van der Waals surface area contributed by atoms with Gasteiger partial charge in [0.15, 0.2) is 0 Å². The molecule has 0 aliphatic rings. The van der Waals surface area contributed by atoms with E-state index in [1.165, 1.54) is 12.1 Å². The monoisotopic (exact) mass is 334 g/mol. The summed E-state index contributed by atoms with van der Waals surface area (Å²) in [6.07, 6.45) is 0. The van der Waals surface area contributed by atoms with Crippen LogP contribution in [0.4, 0.5) is 4.39 Å². The summed E-state index contributed by atoms with van der Waals surface area (Å²) in [4.78, 5) is 4.45. The van der Waals surface area contributed by atoms with Crippen LogP contribution in [0.25, 0.3) is 22.4 Å². The SMILES string of the molecule is CCn1c(-c2ccc(Br)cc2O)nc2cc(F)ccc21. The fourth-order valence-corrected chi connectivity index (χ4v) is 2.67. The predicted molar refractivity (Wildman–Crippen MR) is 80.2 cm³/mol. The van der Waals surface area contributed by atoms with E-state index in [1.807, 2.05) is 17.6 Å². The molecule has 0 amide bonds. The molecule has 0 unspecified atom stereocenters. The lowest BCUT2D eigenvalue weighted by atomic mass is 10.2. The second-order valence-corrected chi connectivity index (χ2v) is 5.39. The van der Waals surface area contributed by atoms with Crippen LogP contribution in [-0.2, 0) is 6.54 Å². The maximum Gasteiger partial charge on any atom is 0.144 e. The summed E-state index contributed by atoms with van der Waals surface area (Å²) in [5, 5.41) is 10.1. The Kier molecular flexibility index (Phi) is 3.22. The van der Waals surface area contributed by atoms with Crippen LogP contribution in [0.5, 0.6) is 5.75 Å². The number of phenolic OH excluding ortho intramolecular Hbond substituents is 1. The number of hydrogen-bond acceptors (Lipinski definition) is 2. The molecule has 0 saturated heterocycles. The van der Waals surface area contributed by atoms with Crippen molar-refractivity contribution >= 4 is 27.0 Å². The highest BCUT2D eigenvalue weighted by atomic mass is 79.9. The topological polar surface area (TPSA) is 38.0 Å². The molecule has 0 radical (unpaired) electrons. The number of imidazole rings is 1. The molecule has 0 aliphatic carbocycles. The molecule has 1 aromatic heterocycles. The summed E-state index contributed by atoms with van der Waals surface area (Å²) in [6.45, 7) is 2.68. The average molecular weight is 335 g/mol. The standard InChI is InChI=1S/C15H12BrFN2O/c1-2-19-13-6-4-10(17)8-12(13)18-15(19)11-5-3-9(16)7-14(11)20/h3-8,20H,2H2,1H3. The number of aryl methyl sites for hydroxylation is 1. The first-order chi connectivity index (χ1) is 9.60. The van der Waals surface area contributed by atoms with Gasteiger partial charge < -0.3 is 9.67 Å². The first kappa shape index (κ1) is 13.1. The van der Waals surface area contributed by atoms with Crippen LogP contribution in [0.1, 0.15) is 6.92 Å². The maximum absolute atomic E-state index is 13.3. The van der Waals surface area contributed by atoms with Gasteiger partial charge in [-0.15, -0.1) is 0 Å². The van der Waals surface area contributed by atoms with Gasteiger partial charge in [0, 0.05) is 17.1 Å². The van der Waals surface area contributed by atoms with Gasteiger partial charge in [-0.05, 0) is 37.3 Å². The zero-order valence-corrected chi connectivity index (χ0v) is 12.4. The van der Waals surface area contributed by atoms with Gasteiger partial charge in [0.2, 0.25) is 0 Å². The molecule has 0 saturated carbocycles. The normalized spacial score (nSPS) is 11.2. The molecule has 0 bridgehead atoms. The molecule has 0 fully saturated rings. The quantitative estimate of drug-likeness (QED) is 0.757. The number of hydrogen-bond donors (Lipinski definition) is 1. The van der Waals surface area contributed by atoms with E-state index in [0.717, 1.165) is 9.99 Å². The minimum atomic E-state index is -0.315. The van der Waals surface area contributed by atoms with Crippen molar-refractivity contribution in [3.8, 4) is 17.1 Å². The van der Waals surface area contributed by atoms with Gasteiger partial charge in [0.25, 0.3) is 0 Å². The highest BCUT2D eigenvalue weighted by Crippen LogP contribution is 2.33. The Morgan fingerprint density at radius 3 is 2.75 bits per heavy atom. The lowest BCUT2D eigenvalue weighted by Gasteiger charge is -2.08. The molecular formula is C15H12BrFN2O. The van der Waals surface area contributed by atoms with Crippen molar-refractivity contribution in [2.45, 2.75) is 13.5 Å². The Labute approximate surface area is 123 Å².